The second kappa shape index (κ2) is 38.2. The van der Waals surface area contributed by atoms with Crippen LogP contribution in [0.5, 0.6) is 0 Å². The number of rotatable bonds is 38. The molecule has 4 N–H and O–H groups in total. The number of nitrogens with two attached hydrogens (primary N) is 1. The number of esters is 1. The number of hydrogen-bond acceptors (Lipinski definition) is 8. The highest BCUT2D eigenvalue weighted by Gasteiger charge is 2.25. The van der Waals surface area contributed by atoms with Crippen molar-refractivity contribution in [2.24, 2.45) is 5.73 Å². The topological polar surface area (TPSA) is 138 Å². The molecule has 3 unspecified atom stereocenters. The van der Waals surface area contributed by atoms with Crippen molar-refractivity contribution in [3.05, 3.63) is 48.6 Å². The van der Waals surface area contributed by atoms with E-state index in [1.54, 1.807) is 6.08 Å². The number of phosphoric ester groups is 1. The summed E-state index contributed by atoms with van der Waals surface area (Å²) in [6.45, 7) is 4.62. The van der Waals surface area contributed by atoms with Crippen LogP contribution in [0.1, 0.15) is 162 Å². The monoisotopic (exact) mass is 742 g/mol. The number of aliphatic hydroxyl groups is 1. The van der Waals surface area contributed by atoms with Crippen LogP contribution in [0.15, 0.2) is 48.6 Å². The summed E-state index contributed by atoms with van der Waals surface area (Å²) in [5.74, 6) is -0.488. The Bertz CT molecular complexity index is 939. The molecule has 0 fully saturated rings. The maximum absolute atomic E-state index is 12.6. The SMILES string of the molecule is CCCCC/C=C/C/C=C/C/C=C/C=C/C(O)CCCC(=O)OC(COCCCCCCCCCCCCCCCC)COP(=O)(O)OCCN. The van der Waals surface area contributed by atoms with Gasteiger partial charge in [-0.2, -0.15) is 0 Å². The molecule has 0 aliphatic heterocycles. The summed E-state index contributed by atoms with van der Waals surface area (Å²) < 4.78 is 33.2. The molecule has 0 amide bonds. The highest BCUT2D eigenvalue weighted by Crippen LogP contribution is 2.43. The Morgan fingerprint density at radius 1 is 0.686 bits per heavy atom. The first-order chi connectivity index (χ1) is 24.8. The van der Waals surface area contributed by atoms with E-state index >= 15 is 0 Å². The highest BCUT2D eigenvalue weighted by molar-refractivity contribution is 7.47. The smallest absolute Gasteiger partial charge is 0.457 e. The molecule has 9 nitrogen and oxygen atoms in total. The van der Waals surface area contributed by atoms with Crippen LogP contribution in [-0.4, -0.2) is 61.1 Å². The van der Waals surface area contributed by atoms with Gasteiger partial charge in [-0.3, -0.25) is 13.8 Å². The predicted molar refractivity (Wildman–Crippen MR) is 212 cm³/mol. The molecule has 298 valence electrons. The van der Waals surface area contributed by atoms with Crippen LogP contribution in [0.4, 0.5) is 0 Å². The third-order valence-corrected chi connectivity index (χ3v) is 9.34. The van der Waals surface area contributed by atoms with Crippen LogP contribution in [0.2, 0.25) is 0 Å². The molecule has 0 bridgehead atoms. The number of allylic oxidation sites excluding steroid dienone is 7. The van der Waals surface area contributed by atoms with E-state index < -0.39 is 26.0 Å². The van der Waals surface area contributed by atoms with E-state index in [0.717, 1.165) is 32.1 Å². The predicted octanol–water partition coefficient (Wildman–Crippen LogP) is 10.6. The van der Waals surface area contributed by atoms with Crippen molar-refractivity contribution < 1.29 is 37.9 Å². The van der Waals surface area contributed by atoms with Crippen molar-refractivity contribution in [1.29, 1.82) is 0 Å². The van der Waals surface area contributed by atoms with Gasteiger partial charge in [0.1, 0.15) is 6.10 Å². The van der Waals surface area contributed by atoms with Crippen LogP contribution in [0.25, 0.3) is 0 Å². The summed E-state index contributed by atoms with van der Waals surface area (Å²) in [7, 11) is -4.33. The molecule has 0 saturated carbocycles. The molecule has 51 heavy (non-hydrogen) atoms. The van der Waals surface area contributed by atoms with Crippen LogP contribution < -0.4 is 5.73 Å². The first kappa shape index (κ1) is 49.4. The minimum atomic E-state index is -4.33. The molecule has 0 aliphatic carbocycles. The van der Waals surface area contributed by atoms with Gasteiger partial charge in [0.05, 0.1) is 25.9 Å². The number of carbonyl (C=O) groups excluding carboxylic acids is 1. The minimum Gasteiger partial charge on any atom is -0.457 e. The zero-order valence-electron chi connectivity index (χ0n) is 32.4. The Morgan fingerprint density at radius 3 is 1.88 bits per heavy atom. The van der Waals surface area contributed by atoms with Crippen molar-refractivity contribution in [2.45, 2.75) is 174 Å². The quantitative estimate of drug-likeness (QED) is 0.0186. The maximum Gasteiger partial charge on any atom is 0.472 e. The summed E-state index contributed by atoms with van der Waals surface area (Å²) in [6.07, 6.45) is 40.1. The van der Waals surface area contributed by atoms with Gasteiger partial charge in [-0.05, 0) is 44.9 Å². The lowest BCUT2D eigenvalue weighted by Crippen LogP contribution is -2.28. The third-order valence-electron chi connectivity index (χ3n) is 8.35. The Balaban J connectivity index is 4.28. The van der Waals surface area contributed by atoms with Crippen LogP contribution in [0, 0.1) is 0 Å². The molecule has 0 rings (SSSR count). The van der Waals surface area contributed by atoms with Gasteiger partial charge in [-0.1, -0.05) is 159 Å². The lowest BCUT2D eigenvalue weighted by Gasteiger charge is -2.20. The molecule has 0 aromatic rings. The molecule has 0 aromatic carbocycles. The highest BCUT2D eigenvalue weighted by atomic mass is 31.2. The van der Waals surface area contributed by atoms with Crippen molar-refractivity contribution in [3.63, 3.8) is 0 Å². The molecule has 0 heterocycles. The van der Waals surface area contributed by atoms with Gasteiger partial charge in [0.15, 0.2) is 0 Å². The number of hydrogen-bond donors (Lipinski definition) is 3. The number of carbonyl (C=O) groups is 1. The zero-order chi connectivity index (χ0) is 37.5. The normalized spacial score (nSPS) is 14.7. The molecule has 0 aromatic heterocycles. The van der Waals surface area contributed by atoms with E-state index in [1.807, 2.05) is 18.2 Å². The number of phosphoric acid groups is 1. The van der Waals surface area contributed by atoms with E-state index in [1.165, 1.54) is 96.3 Å². The molecule has 0 aliphatic rings. The molecular formula is C41H76NO8P. The standard InChI is InChI=1S/C41H76NO8P/c1-3-5-7-9-11-13-15-17-19-21-23-25-27-29-35-47-37-40(38-49-51(45,46)48-36-34-42)50-41(44)33-30-32-39(43)31-28-26-24-22-20-18-16-14-12-10-8-6-4-2/h12,14,18,20,24,26,28,31,39-40,43H,3-11,13,15-17,19,21-23,25,27,29-30,32-38,42H2,1-2H3,(H,45,46)/b14-12+,20-18+,26-24+,31-28+. The average molecular weight is 742 g/mol. The third kappa shape index (κ3) is 38.0. The molecule has 0 spiro atoms. The van der Waals surface area contributed by atoms with Crippen molar-refractivity contribution in [2.75, 3.05) is 33.0 Å². The fourth-order valence-electron chi connectivity index (χ4n) is 5.33. The second-order valence-corrected chi connectivity index (χ2v) is 14.8. The van der Waals surface area contributed by atoms with Crippen LogP contribution >= 0.6 is 7.82 Å². The average Bonchev–Trinajstić information content (AvgIpc) is 3.11. The summed E-state index contributed by atoms with van der Waals surface area (Å²) in [5, 5.41) is 10.3. The van der Waals surface area contributed by atoms with Crippen molar-refractivity contribution in [1.82, 2.24) is 0 Å². The van der Waals surface area contributed by atoms with Crippen LogP contribution in [-0.2, 0) is 27.9 Å². The summed E-state index contributed by atoms with van der Waals surface area (Å²) in [4.78, 5) is 22.4. The van der Waals surface area contributed by atoms with Gasteiger partial charge in [0.25, 0.3) is 0 Å². The Morgan fingerprint density at radius 2 is 1.25 bits per heavy atom. The molecule has 0 radical (unpaired) electrons. The fourth-order valence-corrected chi connectivity index (χ4v) is 6.10. The van der Waals surface area contributed by atoms with Gasteiger partial charge >= 0.3 is 13.8 Å². The fraction of sp³-hybridized carbons (Fsp3) is 0.780. The first-order valence-electron chi connectivity index (χ1n) is 20.2. The summed E-state index contributed by atoms with van der Waals surface area (Å²) in [5.41, 5.74) is 5.35. The van der Waals surface area contributed by atoms with E-state index in [0.29, 0.717) is 19.4 Å². The number of aliphatic hydroxyl groups excluding tert-OH is 1. The summed E-state index contributed by atoms with van der Waals surface area (Å²) in [6, 6.07) is 0. The first-order valence-corrected chi connectivity index (χ1v) is 21.7. The van der Waals surface area contributed by atoms with E-state index in [-0.39, 0.29) is 32.8 Å². The molecule has 3 atom stereocenters. The lowest BCUT2D eigenvalue weighted by molar-refractivity contribution is -0.154. The van der Waals surface area contributed by atoms with E-state index in [9.17, 15) is 19.4 Å². The van der Waals surface area contributed by atoms with E-state index in [2.05, 4.69) is 38.2 Å². The van der Waals surface area contributed by atoms with E-state index in [4.69, 9.17) is 24.3 Å². The maximum atomic E-state index is 12.6. The minimum absolute atomic E-state index is 0.0453. The zero-order valence-corrected chi connectivity index (χ0v) is 33.3. The Labute approximate surface area is 312 Å². The van der Waals surface area contributed by atoms with Gasteiger partial charge in [-0.25, -0.2) is 4.57 Å². The number of unbranched alkanes of at least 4 members (excludes halogenated alkanes) is 16. The molecule has 0 saturated heterocycles. The Kier molecular flexibility index (Phi) is 37.0. The summed E-state index contributed by atoms with van der Waals surface area (Å²) >= 11 is 0. The van der Waals surface area contributed by atoms with Crippen molar-refractivity contribution in [3.8, 4) is 0 Å². The lowest BCUT2D eigenvalue weighted by atomic mass is 10.0. The number of ether oxygens (including phenoxy) is 2. The van der Waals surface area contributed by atoms with Gasteiger partial charge in [0.2, 0.25) is 0 Å². The van der Waals surface area contributed by atoms with Gasteiger partial charge in [0, 0.05) is 19.6 Å². The largest absolute Gasteiger partial charge is 0.472 e. The van der Waals surface area contributed by atoms with Crippen molar-refractivity contribution >= 4 is 13.8 Å². The molecular weight excluding hydrogens is 665 g/mol. The van der Waals surface area contributed by atoms with Crippen LogP contribution in [0.3, 0.4) is 0 Å². The van der Waals surface area contributed by atoms with Gasteiger partial charge in [-0.15, -0.1) is 0 Å². The Hall–Kier alpha value is -1.58. The second-order valence-electron chi connectivity index (χ2n) is 13.4. The molecule has 10 heteroatoms. The van der Waals surface area contributed by atoms with Gasteiger partial charge < -0.3 is 25.2 Å².